The molecule has 138 valence electrons. The molecule has 0 aliphatic carbocycles. The van der Waals surface area contributed by atoms with E-state index < -0.39 is 4.92 Å². The molecular formula is C20H24N2O4. The summed E-state index contributed by atoms with van der Waals surface area (Å²) in [6, 6.07) is 11.8. The molecule has 0 fully saturated rings. The predicted octanol–water partition coefficient (Wildman–Crippen LogP) is 4.28. The molecule has 1 amide bonds. The van der Waals surface area contributed by atoms with Gasteiger partial charge in [0.1, 0.15) is 5.75 Å². The van der Waals surface area contributed by atoms with Crippen LogP contribution in [0.3, 0.4) is 0 Å². The number of carbonyl (C=O) groups is 1. The predicted molar refractivity (Wildman–Crippen MR) is 100 cm³/mol. The van der Waals surface area contributed by atoms with Gasteiger partial charge in [0.15, 0.2) is 6.61 Å². The van der Waals surface area contributed by atoms with E-state index in [4.69, 9.17) is 4.74 Å². The van der Waals surface area contributed by atoms with Gasteiger partial charge in [-0.25, -0.2) is 0 Å². The minimum absolute atomic E-state index is 0.00110. The van der Waals surface area contributed by atoms with E-state index in [1.54, 1.807) is 19.1 Å². The van der Waals surface area contributed by atoms with Crippen LogP contribution in [0.15, 0.2) is 42.5 Å². The number of nitro groups is 1. The Morgan fingerprint density at radius 3 is 2.58 bits per heavy atom. The fourth-order valence-corrected chi connectivity index (χ4v) is 2.66. The van der Waals surface area contributed by atoms with Crippen molar-refractivity contribution in [2.45, 2.75) is 39.7 Å². The first kappa shape index (κ1) is 19.4. The van der Waals surface area contributed by atoms with E-state index in [1.165, 1.54) is 12.1 Å². The highest BCUT2D eigenvalue weighted by molar-refractivity contribution is 5.78. The molecule has 1 atom stereocenters. The number of ether oxygens (including phenoxy) is 1. The van der Waals surface area contributed by atoms with Crippen molar-refractivity contribution < 1.29 is 14.5 Å². The van der Waals surface area contributed by atoms with Crippen LogP contribution in [0.5, 0.6) is 5.75 Å². The van der Waals surface area contributed by atoms with E-state index in [2.05, 4.69) is 19.2 Å². The first-order valence-electron chi connectivity index (χ1n) is 8.55. The number of hydrogen-bond donors (Lipinski definition) is 1. The zero-order chi connectivity index (χ0) is 19.3. The molecule has 2 rings (SSSR count). The number of carbonyl (C=O) groups excluding carboxylic acids is 1. The number of nitrogens with one attached hydrogen (secondary N) is 1. The van der Waals surface area contributed by atoms with Crippen LogP contribution < -0.4 is 10.1 Å². The van der Waals surface area contributed by atoms with E-state index in [9.17, 15) is 14.9 Å². The van der Waals surface area contributed by atoms with E-state index in [0.717, 1.165) is 11.1 Å². The number of hydrogen-bond acceptors (Lipinski definition) is 4. The summed E-state index contributed by atoms with van der Waals surface area (Å²) in [5, 5.41) is 13.7. The van der Waals surface area contributed by atoms with Crippen LogP contribution >= 0.6 is 0 Å². The summed E-state index contributed by atoms with van der Waals surface area (Å²) >= 11 is 0. The zero-order valence-corrected chi connectivity index (χ0v) is 15.5. The van der Waals surface area contributed by atoms with E-state index in [1.807, 2.05) is 25.1 Å². The van der Waals surface area contributed by atoms with Gasteiger partial charge in [0, 0.05) is 12.1 Å². The van der Waals surface area contributed by atoms with Gasteiger partial charge in [0.2, 0.25) is 0 Å². The lowest BCUT2D eigenvalue weighted by Gasteiger charge is -2.17. The van der Waals surface area contributed by atoms with E-state index in [-0.39, 0.29) is 30.2 Å². The summed E-state index contributed by atoms with van der Waals surface area (Å²) in [4.78, 5) is 22.6. The second-order valence-corrected chi connectivity index (χ2v) is 6.63. The lowest BCUT2D eigenvalue weighted by molar-refractivity contribution is -0.384. The summed E-state index contributed by atoms with van der Waals surface area (Å²) in [6.07, 6.45) is 0. The van der Waals surface area contributed by atoms with Crippen LogP contribution in [0.2, 0.25) is 0 Å². The molecule has 2 aromatic carbocycles. The molecule has 0 aromatic heterocycles. The van der Waals surface area contributed by atoms with Crippen molar-refractivity contribution in [3.63, 3.8) is 0 Å². The Labute approximate surface area is 153 Å². The van der Waals surface area contributed by atoms with Gasteiger partial charge in [-0.15, -0.1) is 0 Å². The Balaban J connectivity index is 2.00. The number of amides is 1. The first-order chi connectivity index (χ1) is 12.3. The van der Waals surface area contributed by atoms with Crippen LogP contribution in [0, 0.1) is 17.0 Å². The smallest absolute Gasteiger partial charge is 0.269 e. The fraction of sp³-hybridized carbons (Fsp3) is 0.350. The standard InChI is InChI=1S/C20H24N2O4/c1-13(2)18-9-8-14(3)10-19(18)26-12-20(23)21-15(4)16-6-5-7-17(11-16)22(24)25/h5-11,13,15H,12H2,1-4H3,(H,21,23). The second kappa shape index (κ2) is 8.47. The van der Waals surface area contributed by atoms with Gasteiger partial charge < -0.3 is 10.1 Å². The molecule has 6 heteroatoms. The molecule has 1 unspecified atom stereocenters. The maximum absolute atomic E-state index is 12.2. The molecule has 0 bridgehead atoms. The minimum atomic E-state index is -0.452. The highest BCUT2D eigenvalue weighted by atomic mass is 16.6. The summed E-state index contributed by atoms with van der Waals surface area (Å²) < 4.78 is 5.72. The van der Waals surface area contributed by atoms with Crippen molar-refractivity contribution in [2.75, 3.05) is 6.61 Å². The number of benzene rings is 2. The number of aryl methyl sites for hydroxylation is 1. The van der Waals surface area contributed by atoms with Crippen molar-refractivity contribution in [2.24, 2.45) is 0 Å². The lowest BCUT2D eigenvalue weighted by atomic mass is 10.0. The summed E-state index contributed by atoms with van der Waals surface area (Å²) in [5.41, 5.74) is 2.79. The Morgan fingerprint density at radius 2 is 1.92 bits per heavy atom. The van der Waals surface area contributed by atoms with Crippen molar-refractivity contribution in [1.82, 2.24) is 5.32 Å². The molecule has 0 saturated carbocycles. The third kappa shape index (κ3) is 5.05. The molecule has 0 aliphatic heterocycles. The van der Waals surface area contributed by atoms with Gasteiger partial charge >= 0.3 is 0 Å². The van der Waals surface area contributed by atoms with Crippen LogP contribution in [0.25, 0.3) is 0 Å². The monoisotopic (exact) mass is 356 g/mol. The minimum Gasteiger partial charge on any atom is -0.483 e. The molecule has 0 radical (unpaired) electrons. The summed E-state index contributed by atoms with van der Waals surface area (Å²) in [7, 11) is 0. The molecule has 26 heavy (non-hydrogen) atoms. The largest absolute Gasteiger partial charge is 0.483 e. The van der Waals surface area contributed by atoms with Gasteiger partial charge in [-0.05, 0) is 42.5 Å². The Kier molecular flexibility index (Phi) is 6.33. The first-order valence-corrected chi connectivity index (χ1v) is 8.55. The van der Waals surface area contributed by atoms with Crippen LogP contribution in [-0.4, -0.2) is 17.4 Å². The number of rotatable bonds is 7. The number of nitrogens with zero attached hydrogens (tertiary/aromatic N) is 1. The molecule has 2 aromatic rings. The van der Waals surface area contributed by atoms with Crippen molar-refractivity contribution >= 4 is 11.6 Å². The molecule has 1 N–H and O–H groups in total. The molecule has 0 saturated heterocycles. The van der Waals surface area contributed by atoms with Gasteiger partial charge in [-0.1, -0.05) is 38.1 Å². The summed E-state index contributed by atoms with van der Waals surface area (Å²) in [5.74, 6) is 0.718. The average molecular weight is 356 g/mol. The molecule has 0 spiro atoms. The van der Waals surface area contributed by atoms with Gasteiger partial charge in [-0.2, -0.15) is 0 Å². The lowest BCUT2D eigenvalue weighted by Crippen LogP contribution is -2.31. The van der Waals surface area contributed by atoms with Crippen molar-refractivity contribution in [3.8, 4) is 5.75 Å². The van der Waals surface area contributed by atoms with Crippen molar-refractivity contribution in [1.29, 1.82) is 0 Å². The quantitative estimate of drug-likeness (QED) is 0.593. The SMILES string of the molecule is Cc1ccc(C(C)C)c(OCC(=O)NC(C)c2cccc([N+](=O)[O-])c2)c1. The Bertz CT molecular complexity index is 802. The number of non-ortho nitro benzene ring substituents is 1. The number of nitro benzene ring substituents is 1. The topological polar surface area (TPSA) is 81.5 Å². The average Bonchev–Trinajstić information content (AvgIpc) is 2.59. The van der Waals surface area contributed by atoms with E-state index >= 15 is 0 Å². The highest BCUT2D eigenvalue weighted by Gasteiger charge is 2.15. The normalized spacial score (nSPS) is 11.9. The van der Waals surface area contributed by atoms with Crippen molar-refractivity contribution in [3.05, 3.63) is 69.3 Å². The third-order valence-corrected chi connectivity index (χ3v) is 4.11. The second-order valence-electron chi connectivity index (χ2n) is 6.63. The molecule has 0 heterocycles. The Morgan fingerprint density at radius 1 is 1.19 bits per heavy atom. The maximum atomic E-state index is 12.2. The van der Waals surface area contributed by atoms with Gasteiger partial charge in [0.05, 0.1) is 11.0 Å². The van der Waals surface area contributed by atoms with Gasteiger partial charge in [0.25, 0.3) is 11.6 Å². The third-order valence-electron chi connectivity index (χ3n) is 4.11. The van der Waals surface area contributed by atoms with Crippen LogP contribution in [-0.2, 0) is 4.79 Å². The van der Waals surface area contributed by atoms with Gasteiger partial charge in [-0.3, -0.25) is 14.9 Å². The molecule has 0 aliphatic rings. The van der Waals surface area contributed by atoms with Crippen LogP contribution in [0.4, 0.5) is 5.69 Å². The zero-order valence-electron chi connectivity index (χ0n) is 15.5. The Hall–Kier alpha value is -2.89. The van der Waals surface area contributed by atoms with Crippen LogP contribution in [0.1, 0.15) is 49.4 Å². The van der Waals surface area contributed by atoms with E-state index in [0.29, 0.717) is 11.3 Å². The molecule has 6 nitrogen and oxygen atoms in total. The highest BCUT2D eigenvalue weighted by Crippen LogP contribution is 2.27. The fourth-order valence-electron chi connectivity index (χ4n) is 2.66. The molecular weight excluding hydrogens is 332 g/mol. The summed E-state index contributed by atoms with van der Waals surface area (Å²) in [6.45, 7) is 7.79. The maximum Gasteiger partial charge on any atom is 0.269 e.